The number of halogens is 1. The van der Waals surface area contributed by atoms with Crippen molar-refractivity contribution in [1.29, 1.82) is 0 Å². The van der Waals surface area contributed by atoms with Crippen molar-refractivity contribution in [3.63, 3.8) is 0 Å². The third-order valence-electron chi connectivity index (χ3n) is 4.49. The zero-order valence-corrected chi connectivity index (χ0v) is 13.3. The van der Waals surface area contributed by atoms with E-state index in [1.54, 1.807) is 12.1 Å². The van der Waals surface area contributed by atoms with Crippen LogP contribution in [0.4, 0.5) is 10.1 Å². The van der Waals surface area contributed by atoms with E-state index in [2.05, 4.69) is 38.7 Å². The second kappa shape index (κ2) is 5.23. The van der Waals surface area contributed by atoms with Crippen LogP contribution in [0.3, 0.4) is 0 Å². The van der Waals surface area contributed by atoms with Crippen LogP contribution in [0.25, 0.3) is 0 Å². The molecule has 0 amide bonds. The SMILES string of the molecule is CN(CC1=CC(C)(C)CCC1(C)C)c1cccc(F)c1. The molecule has 1 aliphatic rings. The van der Waals surface area contributed by atoms with Crippen LogP contribution in [0.15, 0.2) is 35.9 Å². The van der Waals surface area contributed by atoms with Crippen LogP contribution in [-0.4, -0.2) is 13.6 Å². The van der Waals surface area contributed by atoms with Crippen molar-refractivity contribution in [2.24, 2.45) is 10.8 Å². The van der Waals surface area contributed by atoms with Crippen molar-refractivity contribution in [2.45, 2.75) is 40.5 Å². The van der Waals surface area contributed by atoms with E-state index in [1.807, 2.05) is 13.1 Å². The molecule has 0 unspecified atom stereocenters. The first kappa shape index (κ1) is 15.1. The molecule has 0 heterocycles. The zero-order chi connectivity index (χ0) is 15.0. The molecule has 1 aromatic carbocycles. The number of anilines is 1. The number of rotatable bonds is 3. The summed E-state index contributed by atoms with van der Waals surface area (Å²) in [5.41, 5.74) is 2.90. The van der Waals surface area contributed by atoms with E-state index in [-0.39, 0.29) is 16.6 Å². The third kappa shape index (κ3) is 3.41. The van der Waals surface area contributed by atoms with E-state index in [1.165, 1.54) is 24.5 Å². The van der Waals surface area contributed by atoms with Crippen LogP contribution in [0.1, 0.15) is 40.5 Å². The first-order valence-corrected chi connectivity index (χ1v) is 7.39. The van der Waals surface area contributed by atoms with Crippen LogP contribution < -0.4 is 4.90 Å². The predicted octanol–water partition coefficient (Wildman–Crippen LogP) is 5.03. The summed E-state index contributed by atoms with van der Waals surface area (Å²) in [4.78, 5) is 2.14. The Morgan fingerprint density at radius 3 is 2.50 bits per heavy atom. The Bertz CT molecular complexity index is 514. The fraction of sp³-hybridized carbons (Fsp3) is 0.556. The molecule has 20 heavy (non-hydrogen) atoms. The maximum atomic E-state index is 13.3. The van der Waals surface area contributed by atoms with E-state index < -0.39 is 0 Å². The third-order valence-corrected chi connectivity index (χ3v) is 4.49. The molecular formula is C18H26FN. The highest BCUT2D eigenvalue weighted by Crippen LogP contribution is 2.44. The van der Waals surface area contributed by atoms with E-state index >= 15 is 0 Å². The lowest BCUT2D eigenvalue weighted by molar-refractivity contribution is 0.277. The molecule has 0 atom stereocenters. The molecule has 0 fully saturated rings. The molecule has 0 saturated carbocycles. The molecule has 110 valence electrons. The minimum atomic E-state index is -0.174. The van der Waals surface area contributed by atoms with Gasteiger partial charge >= 0.3 is 0 Å². The Labute approximate surface area is 122 Å². The maximum Gasteiger partial charge on any atom is 0.125 e. The number of nitrogens with zero attached hydrogens (tertiary/aromatic N) is 1. The summed E-state index contributed by atoms with van der Waals surface area (Å²) in [6.07, 6.45) is 4.86. The molecule has 0 radical (unpaired) electrons. The molecule has 0 aromatic heterocycles. The fourth-order valence-electron chi connectivity index (χ4n) is 2.85. The van der Waals surface area contributed by atoms with Gasteiger partial charge in [0.05, 0.1) is 0 Å². The maximum absolute atomic E-state index is 13.3. The minimum absolute atomic E-state index is 0.174. The summed E-state index contributed by atoms with van der Waals surface area (Å²) >= 11 is 0. The summed E-state index contributed by atoms with van der Waals surface area (Å²) in [6.45, 7) is 10.1. The normalized spacial score (nSPS) is 20.4. The molecule has 1 aliphatic carbocycles. The lowest BCUT2D eigenvalue weighted by Crippen LogP contribution is -2.33. The van der Waals surface area contributed by atoms with Crippen LogP contribution in [0.2, 0.25) is 0 Å². The summed E-state index contributed by atoms with van der Waals surface area (Å²) < 4.78 is 13.3. The number of likely N-dealkylation sites (N-methyl/N-ethyl adjacent to an activating group) is 1. The Morgan fingerprint density at radius 2 is 1.85 bits per heavy atom. The highest BCUT2D eigenvalue weighted by atomic mass is 19.1. The van der Waals surface area contributed by atoms with Gasteiger partial charge in [-0.3, -0.25) is 0 Å². The van der Waals surface area contributed by atoms with Crippen molar-refractivity contribution < 1.29 is 4.39 Å². The summed E-state index contributed by atoms with van der Waals surface area (Å²) in [5.74, 6) is -0.174. The largest absolute Gasteiger partial charge is 0.370 e. The van der Waals surface area contributed by atoms with E-state index in [0.29, 0.717) is 0 Å². The second-order valence-electron chi connectivity index (χ2n) is 7.38. The van der Waals surface area contributed by atoms with Crippen molar-refractivity contribution >= 4 is 5.69 Å². The number of allylic oxidation sites excluding steroid dienone is 1. The first-order valence-electron chi connectivity index (χ1n) is 7.39. The van der Waals surface area contributed by atoms with E-state index in [4.69, 9.17) is 0 Å². The van der Waals surface area contributed by atoms with Crippen LogP contribution in [-0.2, 0) is 0 Å². The van der Waals surface area contributed by atoms with Gasteiger partial charge in [-0.25, -0.2) is 4.39 Å². The van der Waals surface area contributed by atoms with Crippen molar-refractivity contribution in [2.75, 3.05) is 18.5 Å². The average Bonchev–Trinajstić information content (AvgIpc) is 2.34. The van der Waals surface area contributed by atoms with Crippen molar-refractivity contribution in [3.05, 3.63) is 41.7 Å². The summed E-state index contributed by atoms with van der Waals surface area (Å²) in [5, 5.41) is 0. The van der Waals surface area contributed by atoms with Gasteiger partial charge in [-0.05, 0) is 47.4 Å². The standard InChI is InChI=1S/C18H26FN/c1-17(2)9-10-18(3,4)14(12-17)13-20(5)16-8-6-7-15(19)11-16/h6-8,11-12H,9-10,13H2,1-5H3. The highest BCUT2D eigenvalue weighted by Gasteiger charge is 2.33. The number of hydrogen-bond donors (Lipinski definition) is 0. The van der Waals surface area contributed by atoms with E-state index in [0.717, 1.165) is 12.2 Å². The van der Waals surface area contributed by atoms with Gasteiger partial charge in [-0.1, -0.05) is 39.8 Å². The lowest BCUT2D eigenvalue weighted by atomic mass is 9.67. The average molecular weight is 275 g/mol. The van der Waals surface area contributed by atoms with Gasteiger partial charge in [-0.2, -0.15) is 0 Å². The molecule has 2 rings (SSSR count). The summed E-state index contributed by atoms with van der Waals surface area (Å²) in [7, 11) is 2.04. The van der Waals surface area contributed by atoms with Gasteiger partial charge in [-0.15, -0.1) is 0 Å². The molecule has 0 spiro atoms. The quantitative estimate of drug-likeness (QED) is 0.699. The second-order valence-corrected chi connectivity index (χ2v) is 7.38. The van der Waals surface area contributed by atoms with Crippen LogP contribution in [0, 0.1) is 16.6 Å². The van der Waals surface area contributed by atoms with Gasteiger partial charge < -0.3 is 4.90 Å². The van der Waals surface area contributed by atoms with Crippen LogP contribution in [0.5, 0.6) is 0 Å². The van der Waals surface area contributed by atoms with Gasteiger partial charge in [0.2, 0.25) is 0 Å². The Morgan fingerprint density at radius 1 is 1.15 bits per heavy atom. The zero-order valence-electron chi connectivity index (χ0n) is 13.3. The molecule has 0 aliphatic heterocycles. The van der Waals surface area contributed by atoms with Gasteiger partial charge in [0.25, 0.3) is 0 Å². The lowest BCUT2D eigenvalue weighted by Gasteiger charge is -2.40. The molecule has 0 saturated heterocycles. The van der Waals surface area contributed by atoms with Crippen molar-refractivity contribution in [1.82, 2.24) is 0 Å². The van der Waals surface area contributed by atoms with Gasteiger partial charge in [0, 0.05) is 19.3 Å². The predicted molar refractivity (Wildman–Crippen MR) is 84.5 cm³/mol. The van der Waals surface area contributed by atoms with Crippen LogP contribution >= 0.6 is 0 Å². The molecule has 1 aromatic rings. The smallest absolute Gasteiger partial charge is 0.125 e. The molecular weight excluding hydrogens is 249 g/mol. The summed E-state index contributed by atoms with van der Waals surface area (Å²) in [6, 6.07) is 6.82. The first-order chi connectivity index (χ1) is 9.20. The number of hydrogen-bond acceptors (Lipinski definition) is 1. The minimum Gasteiger partial charge on any atom is -0.370 e. The van der Waals surface area contributed by atoms with Gasteiger partial charge in [0.1, 0.15) is 5.82 Å². The van der Waals surface area contributed by atoms with Crippen molar-refractivity contribution in [3.8, 4) is 0 Å². The molecule has 2 heteroatoms. The Balaban J connectivity index is 2.21. The molecule has 0 bridgehead atoms. The Hall–Kier alpha value is -1.31. The monoisotopic (exact) mass is 275 g/mol. The Kier molecular flexibility index (Phi) is 3.95. The molecule has 1 nitrogen and oxygen atoms in total. The highest BCUT2D eigenvalue weighted by molar-refractivity contribution is 5.47. The molecule has 0 N–H and O–H groups in total. The fourth-order valence-corrected chi connectivity index (χ4v) is 2.85. The van der Waals surface area contributed by atoms with E-state index in [9.17, 15) is 4.39 Å². The number of benzene rings is 1. The topological polar surface area (TPSA) is 3.24 Å². The van der Waals surface area contributed by atoms with Gasteiger partial charge in [0.15, 0.2) is 0 Å².